The van der Waals surface area contributed by atoms with E-state index in [0.717, 1.165) is 24.4 Å². The van der Waals surface area contributed by atoms with Gasteiger partial charge in [-0.1, -0.05) is 17.9 Å². The second kappa shape index (κ2) is 8.98. The zero-order valence-electron chi connectivity index (χ0n) is 11.4. The summed E-state index contributed by atoms with van der Waals surface area (Å²) < 4.78 is 13.3. The maximum atomic E-state index is 13.3. The second-order valence-corrected chi connectivity index (χ2v) is 5.29. The van der Waals surface area contributed by atoms with Gasteiger partial charge in [0, 0.05) is 30.8 Å². The van der Waals surface area contributed by atoms with Crippen molar-refractivity contribution in [2.75, 3.05) is 32.2 Å². The lowest BCUT2D eigenvalue weighted by Gasteiger charge is -2.17. The van der Waals surface area contributed by atoms with E-state index >= 15 is 0 Å². The fourth-order valence-corrected chi connectivity index (χ4v) is 2.13. The van der Waals surface area contributed by atoms with Crippen LogP contribution in [0.2, 0.25) is 0 Å². The molecule has 0 aliphatic heterocycles. The van der Waals surface area contributed by atoms with Crippen molar-refractivity contribution >= 4 is 11.8 Å². The Hall–Kier alpha value is -1.02. The van der Waals surface area contributed by atoms with E-state index in [9.17, 15) is 4.39 Å². The SMILES string of the molecule is CSCCN(C)Cc1ccc(F)cc1C#CCCO. The molecule has 0 aliphatic carbocycles. The third-order valence-electron chi connectivity index (χ3n) is 2.65. The van der Waals surface area contributed by atoms with Crippen LogP contribution < -0.4 is 0 Å². The number of rotatable bonds is 6. The highest BCUT2D eigenvalue weighted by Crippen LogP contribution is 2.13. The van der Waals surface area contributed by atoms with Crippen molar-refractivity contribution in [3.05, 3.63) is 35.1 Å². The van der Waals surface area contributed by atoms with E-state index in [0.29, 0.717) is 12.0 Å². The Balaban J connectivity index is 2.79. The highest BCUT2D eigenvalue weighted by Gasteiger charge is 2.05. The fraction of sp³-hybridized carbons (Fsp3) is 0.467. The summed E-state index contributed by atoms with van der Waals surface area (Å²) in [5.41, 5.74) is 1.74. The van der Waals surface area contributed by atoms with Gasteiger partial charge in [0.1, 0.15) is 5.82 Å². The number of hydrogen-bond donors (Lipinski definition) is 1. The molecule has 2 nitrogen and oxygen atoms in total. The maximum Gasteiger partial charge on any atom is 0.124 e. The van der Waals surface area contributed by atoms with Crippen molar-refractivity contribution < 1.29 is 9.50 Å². The average Bonchev–Trinajstić information content (AvgIpc) is 2.39. The smallest absolute Gasteiger partial charge is 0.124 e. The Morgan fingerprint density at radius 2 is 2.21 bits per heavy atom. The Kier molecular flexibility index (Phi) is 7.57. The van der Waals surface area contributed by atoms with Crippen molar-refractivity contribution in [1.29, 1.82) is 0 Å². The van der Waals surface area contributed by atoms with Gasteiger partial charge in [-0.15, -0.1) is 0 Å². The van der Waals surface area contributed by atoms with Gasteiger partial charge >= 0.3 is 0 Å². The molecule has 0 heterocycles. The molecule has 0 fully saturated rings. The van der Waals surface area contributed by atoms with E-state index in [1.54, 1.807) is 17.8 Å². The van der Waals surface area contributed by atoms with Gasteiger partial charge in [-0.25, -0.2) is 4.39 Å². The highest BCUT2D eigenvalue weighted by atomic mass is 32.2. The van der Waals surface area contributed by atoms with Crippen LogP contribution in [0.25, 0.3) is 0 Å². The summed E-state index contributed by atoms with van der Waals surface area (Å²) in [6.45, 7) is 1.78. The van der Waals surface area contributed by atoms with Gasteiger partial charge in [-0.05, 0) is 31.0 Å². The predicted octanol–water partition coefficient (Wildman–Crippen LogP) is 2.35. The minimum Gasteiger partial charge on any atom is -0.395 e. The molecule has 104 valence electrons. The molecule has 0 amide bonds. The summed E-state index contributed by atoms with van der Waals surface area (Å²) in [7, 11) is 2.05. The van der Waals surface area contributed by atoms with Crippen LogP contribution in [0.1, 0.15) is 17.5 Å². The average molecular weight is 281 g/mol. The fourth-order valence-electron chi connectivity index (χ4n) is 1.63. The predicted molar refractivity (Wildman–Crippen MR) is 79.7 cm³/mol. The normalized spacial score (nSPS) is 10.4. The van der Waals surface area contributed by atoms with Gasteiger partial charge < -0.3 is 10.0 Å². The number of aliphatic hydroxyl groups is 1. The van der Waals surface area contributed by atoms with Crippen molar-refractivity contribution in [2.24, 2.45) is 0 Å². The summed E-state index contributed by atoms with van der Waals surface area (Å²) in [6, 6.07) is 4.71. The molecule has 0 aliphatic rings. The van der Waals surface area contributed by atoms with E-state index < -0.39 is 0 Å². The molecular formula is C15H20FNOS. The summed E-state index contributed by atoms with van der Waals surface area (Å²) in [4.78, 5) is 2.20. The lowest BCUT2D eigenvalue weighted by Crippen LogP contribution is -2.21. The molecule has 0 saturated carbocycles. The number of benzene rings is 1. The Morgan fingerprint density at radius 3 is 2.89 bits per heavy atom. The minimum absolute atomic E-state index is 0.0330. The number of hydrogen-bond acceptors (Lipinski definition) is 3. The molecule has 4 heteroatoms. The van der Waals surface area contributed by atoms with Crippen LogP contribution in [0.5, 0.6) is 0 Å². The monoisotopic (exact) mass is 281 g/mol. The molecule has 1 aromatic carbocycles. The highest BCUT2D eigenvalue weighted by molar-refractivity contribution is 7.98. The molecule has 1 aromatic rings. The van der Waals surface area contributed by atoms with Gasteiger partial charge in [0.05, 0.1) is 6.61 Å². The van der Waals surface area contributed by atoms with Crippen molar-refractivity contribution in [2.45, 2.75) is 13.0 Å². The summed E-state index contributed by atoms with van der Waals surface area (Å²) in [5, 5.41) is 8.72. The van der Waals surface area contributed by atoms with E-state index in [-0.39, 0.29) is 12.4 Å². The Labute approximate surface area is 119 Å². The number of aliphatic hydroxyl groups excluding tert-OH is 1. The molecule has 19 heavy (non-hydrogen) atoms. The number of nitrogens with zero attached hydrogens (tertiary/aromatic N) is 1. The molecule has 0 aromatic heterocycles. The van der Waals surface area contributed by atoms with E-state index in [2.05, 4.69) is 23.0 Å². The molecule has 0 spiro atoms. The van der Waals surface area contributed by atoms with Crippen LogP contribution in [-0.4, -0.2) is 42.2 Å². The summed E-state index contributed by atoms with van der Waals surface area (Å²) >= 11 is 1.81. The molecule has 0 radical (unpaired) electrons. The lowest BCUT2D eigenvalue weighted by atomic mass is 10.1. The molecule has 1 rings (SSSR count). The van der Waals surface area contributed by atoms with E-state index in [4.69, 9.17) is 5.11 Å². The van der Waals surface area contributed by atoms with Crippen LogP contribution in [-0.2, 0) is 6.54 Å². The second-order valence-electron chi connectivity index (χ2n) is 4.31. The quantitative estimate of drug-likeness (QED) is 0.810. The molecule has 0 unspecified atom stereocenters. The first-order valence-electron chi connectivity index (χ1n) is 6.23. The van der Waals surface area contributed by atoms with Crippen molar-refractivity contribution in [1.82, 2.24) is 4.90 Å². The van der Waals surface area contributed by atoms with Crippen LogP contribution in [0.15, 0.2) is 18.2 Å². The number of thioether (sulfide) groups is 1. The van der Waals surface area contributed by atoms with Gasteiger partial charge in [-0.3, -0.25) is 0 Å². The van der Waals surface area contributed by atoms with Gasteiger partial charge in [0.15, 0.2) is 0 Å². The minimum atomic E-state index is -0.274. The molecular weight excluding hydrogens is 261 g/mol. The third-order valence-corrected chi connectivity index (χ3v) is 3.24. The van der Waals surface area contributed by atoms with E-state index in [1.807, 2.05) is 7.05 Å². The van der Waals surface area contributed by atoms with Gasteiger partial charge in [0.2, 0.25) is 0 Å². The zero-order valence-corrected chi connectivity index (χ0v) is 12.3. The third kappa shape index (κ3) is 6.11. The molecule has 1 N–H and O–H groups in total. The Bertz CT molecular complexity index is 453. The van der Waals surface area contributed by atoms with Gasteiger partial charge in [0.25, 0.3) is 0 Å². The van der Waals surface area contributed by atoms with Crippen LogP contribution in [0.3, 0.4) is 0 Å². The Morgan fingerprint density at radius 1 is 1.42 bits per heavy atom. The first-order chi connectivity index (χ1) is 9.17. The zero-order chi connectivity index (χ0) is 14.1. The molecule has 0 atom stereocenters. The van der Waals surface area contributed by atoms with Crippen LogP contribution in [0, 0.1) is 17.7 Å². The van der Waals surface area contributed by atoms with Gasteiger partial charge in [-0.2, -0.15) is 11.8 Å². The van der Waals surface area contributed by atoms with Crippen molar-refractivity contribution in [3.63, 3.8) is 0 Å². The summed E-state index contributed by atoms with van der Waals surface area (Å²) in [6.07, 6.45) is 2.50. The molecule has 0 saturated heterocycles. The largest absolute Gasteiger partial charge is 0.395 e. The van der Waals surface area contributed by atoms with Crippen LogP contribution >= 0.6 is 11.8 Å². The number of halogens is 1. The van der Waals surface area contributed by atoms with E-state index in [1.165, 1.54) is 12.1 Å². The topological polar surface area (TPSA) is 23.5 Å². The lowest BCUT2D eigenvalue weighted by molar-refractivity contribution is 0.305. The maximum absolute atomic E-state index is 13.3. The molecule has 0 bridgehead atoms. The first-order valence-corrected chi connectivity index (χ1v) is 7.62. The standard InChI is InChI=1S/C15H20FNOS/c1-17(8-10-19-2)12-14-6-7-15(16)11-13(14)5-3-4-9-18/h6-7,11,18H,4,8-10,12H2,1-2H3. The summed E-state index contributed by atoms with van der Waals surface area (Å²) in [5.74, 6) is 6.58. The van der Waals surface area contributed by atoms with Crippen LogP contribution in [0.4, 0.5) is 4.39 Å². The first kappa shape index (κ1) is 16.0. The van der Waals surface area contributed by atoms with Crippen molar-refractivity contribution in [3.8, 4) is 11.8 Å².